The van der Waals surface area contributed by atoms with E-state index in [0.717, 1.165) is 0 Å². The smallest absolute Gasteiger partial charge is 0.192 e. The summed E-state index contributed by atoms with van der Waals surface area (Å²) in [5.41, 5.74) is 1.23. The second-order valence-corrected chi connectivity index (χ2v) is 2.63. The minimum atomic E-state index is -0.0273. The predicted octanol–water partition coefficient (Wildman–Crippen LogP) is 3.38. The molecule has 0 aromatic rings. The monoisotopic (exact) mass is 188 g/mol. The molecule has 1 nitrogen and oxygen atoms in total. The highest BCUT2D eigenvalue weighted by Crippen LogP contribution is 2.09. The molecule has 74 valence electrons. The van der Waals surface area contributed by atoms with E-state index in [1.165, 1.54) is 6.08 Å². The van der Waals surface area contributed by atoms with Crippen LogP contribution in [0.3, 0.4) is 0 Å². The lowest BCUT2D eigenvalue weighted by molar-refractivity contribution is -0.111. The van der Waals surface area contributed by atoms with Crippen molar-refractivity contribution in [2.75, 3.05) is 0 Å². The van der Waals surface area contributed by atoms with Gasteiger partial charge in [-0.1, -0.05) is 49.6 Å². The van der Waals surface area contributed by atoms with Crippen molar-refractivity contribution in [2.24, 2.45) is 0 Å². The fourth-order valence-corrected chi connectivity index (χ4v) is 1.01. The second kappa shape index (κ2) is 6.84. The maximum Gasteiger partial charge on any atom is 0.192 e. The van der Waals surface area contributed by atoms with Gasteiger partial charge in [0.1, 0.15) is 0 Å². The first-order valence-electron chi connectivity index (χ1n) is 4.50. The maximum absolute atomic E-state index is 11.8. The Kier molecular flexibility index (Phi) is 6.04. The third-order valence-electron chi connectivity index (χ3n) is 1.70. The van der Waals surface area contributed by atoms with E-state index in [0.29, 0.717) is 11.1 Å². The summed E-state index contributed by atoms with van der Waals surface area (Å²) in [6, 6.07) is 0. The van der Waals surface area contributed by atoms with Crippen LogP contribution in [0.15, 0.2) is 60.8 Å². The number of hydrogen-bond donors (Lipinski definition) is 0. The summed E-state index contributed by atoms with van der Waals surface area (Å²) in [4.78, 5) is 11.8. The van der Waals surface area contributed by atoms with Gasteiger partial charge < -0.3 is 0 Å². The predicted molar refractivity (Wildman–Crippen MR) is 62.1 cm³/mol. The van der Waals surface area contributed by atoms with Crippen molar-refractivity contribution < 1.29 is 4.79 Å². The number of Topliss-reactive ketones (excluding diaryl/α,β-unsaturated/α-hetero) is 1. The molecule has 0 saturated heterocycles. The molecule has 0 radical (unpaired) electrons. The number of hydrogen-bond acceptors (Lipinski definition) is 1. The van der Waals surface area contributed by atoms with Crippen molar-refractivity contribution >= 4 is 5.78 Å². The lowest BCUT2D eigenvalue weighted by Crippen LogP contribution is -2.02. The van der Waals surface area contributed by atoms with Gasteiger partial charge in [-0.05, 0) is 13.8 Å². The zero-order valence-corrected chi connectivity index (χ0v) is 8.79. The molecule has 0 atom stereocenters. The molecular weight excluding hydrogens is 172 g/mol. The van der Waals surface area contributed by atoms with Crippen molar-refractivity contribution in [3.05, 3.63) is 60.8 Å². The summed E-state index contributed by atoms with van der Waals surface area (Å²) in [6.07, 6.45) is 10.2. The average molecular weight is 188 g/mol. The molecule has 0 amide bonds. The molecule has 0 unspecified atom stereocenters. The molecule has 0 aromatic carbocycles. The lowest BCUT2D eigenvalue weighted by Gasteiger charge is -2.00. The molecule has 0 rings (SSSR count). The van der Waals surface area contributed by atoms with Crippen LogP contribution in [-0.2, 0) is 4.79 Å². The van der Waals surface area contributed by atoms with Crippen molar-refractivity contribution in [2.45, 2.75) is 13.8 Å². The molecule has 0 N–H and O–H groups in total. The molecule has 0 aliphatic carbocycles. The Bertz CT molecular complexity index is 314. The molecule has 0 saturated carbocycles. The summed E-state index contributed by atoms with van der Waals surface area (Å²) in [7, 11) is 0. The van der Waals surface area contributed by atoms with Crippen LogP contribution in [0.25, 0.3) is 0 Å². The highest BCUT2D eigenvalue weighted by molar-refractivity contribution is 6.11. The molecule has 1 heteroatoms. The Morgan fingerprint density at radius 2 is 1.79 bits per heavy atom. The Morgan fingerprint density at radius 3 is 2.14 bits per heavy atom. The summed E-state index contributed by atoms with van der Waals surface area (Å²) in [6.45, 7) is 10.8. The van der Waals surface area contributed by atoms with Gasteiger partial charge in [-0.15, -0.1) is 0 Å². The van der Waals surface area contributed by atoms with Gasteiger partial charge in [-0.3, -0.25) is 4.79 Å². The van der Waals surface area contributed by atoms with Crippen LogP contribution in [0.5, 0.6) is 0 Å². The molecule has 0 bridgehead atoms. The largest absolute Gasteiger partial charge is 0.289 e. The van der Waals surface area contributed by atoms with Crippen LogP contribution >= 0.6 is 0 Å². The highest BCUT2D eigenvalue weighted by Gasteiger charge is 2.07. The average Bonchev–Trinajstić information content (AvgIpc) is 2.21. The summed E-state index contributed by atoms with van der Waals surface area (Å²) in [5, 5.41) is 0. The normalized spacial score (nSPS) is 13.0. The number of carbonyl (C=O) groups excluding carboxylic acids is 1. The minimum absolute atomic E-state index is 0.0273. The van der Waals surface area contributed by atoms with E-state index in [-0.39, 0.29) is 5.78 Å². The lowest BCUT2D eigenvalue weighted by atomic mass is 10.0. The summed E-state index contributed by atoms with van der Waals surface area (Å²) < 4.78 is 0. The highest BCUT2D eigenvalue weighted by atomic mass is 16.1. The summed E-state index contributed by atoms with van der Waals surface area (Å²) in [5.74, 6) is -0.0273. The van der Waals surface area contributed by atoms with Crippen molar-refractivity contribution in [3.63, 3.8) is 0 Å². The van der Waals surface area contributed by atoms with Crippen LogP contribution < -0.4 is 0 Å². The zero-order chi connectivity index (χ0) is 11.0. The number of allylic oxidation sites excluding steroid dienone is 8. The SMILES string of the molecule is C=C/C=C(\C=C)C(=O)C(/C=C\C)=C/C. The van der Waals surface area contributed by atoms with Gasteiger partial charge in [-0.25, -0.2) is 0 Å². The molecule has 0 spiro atoms. The van der Waals surface area contributed by atoms with Crippen LogP contribution in [0.4, 0.5) is 0 Å². The topological polar surface area (TPSA) is 17.1 Å². The Hall–Kier alpha value is -1.63. The van der Waals surface area contributed by atoms with Crippen molar-refractivity contribution in [1.29, 1.82) is 0 Å². The molecule has 0 aliphatic heterocycles. The molecule has 0 aromatic heterocycles. The standard InChI is InChI=1S/C13H16O/c1-5-9-11(7-3)13(14)12(8-4)10-6-2/h5-10H,1,3H2,2,4H3/b10-6-,11-9+,12-8+. The van der Waals surface area contributed by atoms with Crippen LogP contribution in [0.2, 0.25) is 0 Å². The Labute approximate surface area is 85.8 Å². The molecule has 14 heavy (non-hydrogen) atoms. The van der Waals surface area contributed by atoms with Crippen molar-refractivity contribution in [1.82, 2.24) is 0 Å². The molecular formula is C13H16O. The fourth-order valence-electron chi connectivity index (χ4n) is 1.01. The molecule has 0 heterocycles. The van der Waals surface area contributed by atoms with Crippen molar-refractivity contribution in [3.8, 4) is 0 Å². The van der Waals surface area contributed by atoms with Crippen LogP contribution in [-0.4, -0.2) is 5.78 Å². The van der Waals surface area contributed by atoms with Gasteiger partial charge in [-0.2, -0.15) is 0 Å². The van der Waals surface area contributed by atoms with E-state index in [2.05, 4.69) is 13.2 Å². The van der Waals surface area contributed by atoms with E-state index in [1.807, 2.05) is 19.9 Å². The van der Waals surface area contributed by atoms with Crippen LogP contribution in [0, 0.1) is 0 Å². The maximum atomic E-state index is 11.8. The van der Waals surface area contributed by atoms with Gasteiger partial charge in [0.05, 0.1) is 0 Å². The van der Waals surface area contributed by atoms with E-state index in [4.69, 9.17) is 0 Å². The van der Waals surface area contributed by atoms with E-state index >= 15 is 0 Å². The van der Waals surface area contributed by atoms with Gasteiger partial charge >= 0.3 is 0 Å². The second-order valence-electron chi connectivity index (χ2n) is 2.63. The minimum Gasteiger partial charge on any atom is -0.289 e. The Balaban J connectivity index is 5.00. The Morgan fingerprint density at radius 1 is 1.14 bits per heavy atom. The van der Waals surface area contributed by atoms with Gasteiger partial charge in [0.2, 0.25) is 0 Å². The quantitative estimate of drug-likeness (QED) is 0.477. The zero-order valence-electron chi connectivity index (χ0n) is 8.79. The molecule has 0 aliphatic rings. The van der Waals surface area contributed by atoms with Crippen LogP contribution in [0.1, 0.15) is 13.8 Å². The number of ketones is 1. The summed E-state index contributed by atoms with van der Waals surface area (Å²) >= 11 is 0. The van der Waals surface area contributed by atoms with Gasteiger partial charge in [0, 0.05) is 11.1 Å². The third-order valence-corrected chi connectivity index (χ3v) is 1.70. The first kappa shape index (κ1) is 12.4. The first-order valence-corrected chi connectivity index (χ1v) is 4.50. The number of rotatable bonds is 5. The van der Waals surface area contributed by atoms with E-state index < -0.39 is 0 Å². The third kappa shape index (κ3) is 3.40. The molecule has 0 fully saturated rings. The first-order chi connectivity index (χ1) is 6.71. The van der Waals surface area contributed by atoms with Gasteiger partial charge in [0.25, 0.3) is 0 Å². The number of carbonyl (C=O) groups is 1. The van der Waals surface area contributed by atoms with E-state index in [1.54, 1.807) is 24.3 Å². The fraction of sp³-hybridized carbons (Fsp3) is 0.154. The van der Waals surface area contributed by atoms with E-state index in [9.17, 15) is 4.79 Å². The van der Waals surface area contributed by atoms with Gasteiger partial charge in [0.15, 0.2) is 5.78 Å².